The normalized spacial score (nSPS) is 21.9. The predicted octanol–water partition coefficient (Wildman–Crippen LogP) is 2.07. The molecule has 2 aliphatic heterocycles. The molecule has 1 aromatic heterocycles. The molecule has 2 saturated heterocycles. The number of aromatic nitrogens is 4. The van der Waals surface area contributed by atoms with Crippen molar-refractivity contribution in [1.29, 1.82) is 0 Å². The molecule has 8 nitrogen and oxygen atoms in total. The first kappa shape index (κ1) is 20.9. The van der Waals surface area contributed by atoms with E-state index < -0.39 is 0 Å². The molecular formula is C22H32N6O2. The van der Waals surface area contributed by atoms with Gasteiger partial charge < -0.3 is 14.5 Å². The first-order valence-corrected chi connectivity index (χ1v) is 11.1. The SMILES string of the molecule is COCCN(C[C@H]1CCCN2CCCC[C@@H]12)C(=O)c1ccc(Cn2cnnn2)cc1. The number of carbonyl (C=O) groups is 1. The Balaban J connectivity index is 1.43. The second-order valence-electron chi connectivity index (χ2n) is 8.45. The van der Waals surface area contributed by atoms with Crippen molar-refractivity contribution < 1.29 is 9.53 Å². The molecule has 0 bridgehead atoms. The number of hydrogen-bond acceptors (Lipinski definition) is 6. The quantitative estimate of drug-likeness (QED) is 0.661. The summed E-state index contributed by atoms with van der Waals surface area (Å²) < 4.78 is 6.97. The lowest BCUT2D eigenvalue weighted by atomic mass is 9.83. The molecule has 2 atom stereocenters. The largest absolute Gasteiger partial charge is 0.383 e. The molecule has 0 spiro atoms. The van der Waals surface area contributed by atoms with Crippen LogP contribution in [0.3, 0.4) is 0 Å². The van der Waals surface area contributed by atoms with Crippen molar-refractivity contribution in [3.63, 3.8) is 0 Å². The lowest BCUT2D eigenvalue weighted by molar-refractivity contribution is 0.0315. The van der Waals surface area contributed by atoms with Gasteiger partial charge in [-0.15, -0.1) is 5.10 Å². The summed E-state index contributed by atoms with van der Waals surface area (Å²) in [5, 5.41) is 11.2. The number of piperidine rings is 2. The van der Waals surface area contributed by atoms with Crippen LogP contribution in [0, 0.1) is 5.92 Å². The van der Waals surface area contributed by atoms with Gasteiger partial charge in [0.05, 0.1) is 13.2 Å². The smallest absolute Gasteiger partial charge is 0.253 e. The third-order valence-corrected chi connectivity index (χ3v) is 6.47. The zero-order chi connectivity index (χ0) is 20.8. The number of rotatable bonds is 8. The fourth-order valence-corrected chi connectivity index (χ4v) is 4.93. The highest BCUT2D eigenvalue weighted by Gasteiger charge is 2.34. The van der Waals surface area contributed by atoms with Crippen LogP contribution in [0.25, 0.3) is 0 Å². The fraction of sp³-hybridized carbons (Fsp3) is 0.636. The summed E-state index contributed by atoms with van der Waals surface area (Å²) in [6.07, 6.45) is 7.92. The van der Waals surface area contributed by atoms with Gasteiger partial charge in [-0.3, -0.25) is 4.79 Å². The molecule has 0 saturated carbocycles. The summed E-state index contributed by atoms with van der Waals surface area (Å²) in [5.74, 6) is 0.646. The Labute approximate surface area is 178 Å². The zero-order valence-corrected chi connectivity index (χ0v) is 17.8. The van der Waals surface area contributed by atoms with E-state index in [9.17, 15) is 4.79 Å². The minimum absolute atomic E-state index is 0.0916. The first-order valence-electron chi connectivity index (χ1n) is 11.1. The summed E-state index contributed by atoms with van der Waals surface area (Å²) in [5.41, 5.74) is 1.79. The maximum atomic E-state index is 13.3. The maximum absolute atomic E-state index is 13.3. The Morgan fingerprint density at radius 1 is 1.17 bits per heavy atom. The molecule has 1 aromatic carbocycles. The van der Waals surface area contributed by atoms with Gasteiger partial charge in [0.2, 0.25) is 0 Å². The van der Waals surface area contributed by atoms with Gasteiger partial charge in [0.25, 0.3) is 5.91 Å². The van der Waals surface area contributed by atoms with Crippen molar-refractivity contribution >= 4 is 5.91 Å². The monoisotopic (exact) mass is 412 g/mol. The highest BCUT2D eigenvalue weighted by atomic mass is 16.5. The molecule has 0 unspecified atom stereocenters. The van der Waals surface area contributed by atoms with Crippen LogP contribution in [0.4, 0.5) is 0 Å². The van der Waals surface area contributed by atoms with Gasteiger partial charge in [-0.1, -0.05) is 18.6 Å². The topological polar surface area (TPSA) is 76.4 Å². The minimum Gasteiger partial charge on any atom is -0.383 e. The molecule has 0 N–H and O–H groups in total. The van der Waals surface area contributed by atoms with E-state index in [1.165, 1.54) is 45.2 Å². The average molecular weight is 413 g/mol. The highest BCUT2D eigenvalue weighted by Crippen LogP contribution is 2.31. The number of nitrogens with zero attached hydrogens (tertiary/aromatic N) is 6. The number of amides is 1. The Morgan fingerprint density at radius 3 is 2.77 bits per heavy atom. The number of fused-ring (bicyclic) bond motifs is 1. The lowest BCUT2D eigenvalue weighted by Gasteiger charge is -2.45. The Hall–Kier alpha value is -2.32. The zero-order valence-electron chi connectivity index (χ0n) is 17.8. The third-order valence-electron chi connectivity index (χ3n) is 6.47. The van der Waals surface area contributed by atoms with Gasteiger partial charge in [-0.05, 0) is 72.8 Å². The van der Waals surface area contributed by atoms with Crippen LogP contribution in [0.5, 0.6) is 0 Å². The lowest BCUT2D eigenvalue weighted by Crippen LogP contribution is -2.52. The van der Waals surface area contributed by atoms with E-state index in [2.05, 4.69) is 20.4 Å². The molecule has 4 rings (SSSR count). The summed E-state index contributed by atoms with van der Waals surface area (Å²) >= 11 is 0. The number of benzene rings is 1. The van der Waals surface area contributed by atoms with E-state index in [4.69, 9.17) is 4.74 Å². The van der Waals surface area contributed by atoms with Gasteiger partial charge in [0, 0.05) is 31.8 Å². The average Bonchev–Trinajstić information content (AvgIpc) is 3.30. The van der Waals surface area contributed by atoms with Crippen LogP contribution in [-0.4, -0.2) is 81.9 Å². The van der Waals surface area contributed by atoms with E-state index in [1.54, 1.807) is 18.1 Å². The summed E-state index contributed by atoms with van der Waals surface area (Å²) in [4.78, 5) is 18.0. The molecular weight excluding hydrogens is 380 g/mol. The highest BCUT2D eigenvalue weighted by molar-refractivity contribution is 5.94. The molecule has 162 valence electrons. The van der Waals surface area contributed by atoms with Gasteiger partial charge in [-0.25, -0.2) is 4.68 Å². The van der Waals surface area contributed by atoms with Crippen molar-refractivity contribution in [3.8, 4) is 0 Å². The first-order chi connectivity index (χ1) is 14.7. The van der Waals surface area contributed by atoms with Crippen LogP contribution in [0.1, 0.15) is 48.0 Å². The van der Waals surface area contributed by atoms with Crippen LogP contribution in [-0.2, 0) is 11.3 Å². The minimum atomic E-state index is 0.0916. The second-order valence-corrected chi connectivity index (χ2v) is 8.45. The van der Waals surface area contributed by atoms with Crippen molar-refractivity contribution in [1.82, 2.24) is 30.0 Å². The molecule has 8 heteroatoms. The Kier molecular flexibility index (Phi) is 7.07. The van der Waals surface area contributed by atoms with Gasteiger partial charge in [-0.2, -0.15) is 0 Å². The van der Waals surface area contributed by atoms with Crippen LogP contribution < -0.4 is 0 Å². The molecule has 0 aliphatic carbocycles. The van der Waals surface area contributed by atoms with Crippen LogP contribution >= 0.6 is 0 Å². The predicted molar refractivity (Wildman–Crippen MR) is 113 cm³/mol. The molecule has 1 amide bonds. The van der Waals surface area contributed by atoms with Crippen molar-refractivity contribution in [3.05, 3.63) is 41.7 Å². The number of hydrogen-bond donors (Lipinski definition) is 0. The van der Waals surface area contributed by atoms with E-state index >= 15 is 0 Å². The molecule has 0 radical (unpaired) electrons. The van der Waals surface area contributed by atoms with Crippen molar-refractivity contribution in [2.75, 3.05) is 39.9 Å². The van der Waals surface area contributed by atoms with Crippen molar-refractivity contribution in [2.45, 2.75) is 44.7 Å². The summed E-state index contributed by atoms with van der Waals surface area (Å²) in [6, 6.07) is 8.41. The van der Waals surface area contributed by atoms with E-state index in [0.717, 1.165) is 17.7 Å². The summed E-state index contributed by atoms with van der Waals surface area (Å²) in [6.45, 7) is 5.03. The van der Waals surface area contributed by atoms with Gasteiger partial charge in [0.1, 0.15) is 6.33 Å². The number of tetrazole rings is 1. The van der Waals surface area contributed by atoms with Crippen molar-refractivity contribution in [2.24, 2.45) is 5.92 Å². The maximum Gasteiger partial charge on any atom is 0.253 e. The molecule has 3 heterocycles. The molecule has 2 aliphatic rings. The van der Waals surface area contributed by atoms with E-state index in [1.807, 2.05) is 29.2 Å². The van der Waals surface area contributed by atoms with E-state index in [-0.39, 0.29) is 5.91 Å². The third kappa shape index (κ3) is 5.05. The molecule has 2 aromatic rings. The van der Waals surface area contributed by atoms with Gasteiger partial charge >= 0.3 is 0 Å². The standard InChI is InChI=1S/C22H32N6O2/c1-30-14-13-27(16-20-5-4-12-26-11-3-2-6-21(20)26)22(29)19-9-7-18(8-10-19)15-28-17-23-24-25-28/h7-10,17,20-21H,2-6,11-16H2,1H3/t20-,21+/m1/s1. The molecule has 30 heavy (non-hydrogen) atoms. The van der Waals surface area contributed by atoms with Crippen LogP contribution in [0.15, 0.2) is 30.6 Å². The Morgan fingerprint density at radius 2 is 2.00 bits per heavy atom. The summed E-state index contributed by atoms with van der Waals surface area (Å²) in [7, 11) is 1.69. The fourth-order valence-electron chi connectivity index (χ4n) is 4.93. The number of methoxy groups -OCH3 is 1. The number of carbonyl (C=O) groups excluding carboxylic acids is 1. The Bertz CT molecular complexity index is 792. The molecule has 2 fully saturated rings. The van der Waals surface area contributed by atoms with Crippen LogP contribution in [0.2, 0.25) is 0 Å². The van der Waals surface area contributed by atoms with E-state index in [0.29, 0.717) is 31.7 Å². The number of ether oxygens (including phenoxy) is 1. The van der Waals surface area contributed by atoms with Gasteiger partial charge in [0.15, 0.2) is 0 Å². The second kappa shape index (κ2) is 10.1.